The Morgan fingerprint density at radius 3 is 2.03 bits per heavy atom. The Labute approximate surface area is 172 Å². The monoisotopic (exact) mass is 417 g/mol. The van der Waals surface area contributed by atoms with Crippen molar-refractivity contribution in [3.8, 4) is 0 Å². The van der Waals surface area contributed by atoms with Crippen LogP contribution in [-0.4, -0.2) is 39.4 Å². The zero-order chi connectivity index (χ0) is 21.8. The average Bonchev–Trinajstić information content (AvgIpc) is 2.64. The van der Waals surface area contributed by atoms with Gasteiger partial charge in [-0.05, 0) is 64.1 Å². The summed E-state index contributed by atoms with van der Waals surface area (Å²) < 4.78 is 26.7. The van der Waals surface area contributed by atoms with Crippen LogP contribution >= 0.6 is 0 Å². The Bertz CT molecular complexity index is 976. The number of rotatable bonds is 6. The molecule has 29 heavy (non-hydrogen) atoms. The van der Waals surface area contributed by atoms with E-state index in [1.54, 1.807) is 36.4 Å². The van der Waals surface area contributed by atoms with Gasteiger partial charge in [-0.15, -0.1) is 0 Å². The van der Waals surface area contributed by atoms with Gasteiger partial charge in [0.2, 0.25) is 5.91 Å². The van der Waals surface area contributed by atoms with Gasteiger partial charge in [0, 0.05) is 18.2 Å². The van der Waals surface area contributed by atoms with Crippen LogP contribution in [0.1, 0.15) is 36.7 Å². The Balaban J connectivity index is 2.06. The highest BCUT2D eigenvalue weighted by molar-refractivity contribution is 7.92. The van der Waals surface area contributed by atoms with Gasteiger partial charge in [-0.2, -0.15) is 0 Å². The summed E-state index contributed by atoms with van der Waals surface area (Å²) in [5, 5.41) is 5.31. The molecular formula is C21H27N3O4S. The molecule has 2 rings (SSSR count). The summed E-state index contributed by atoms with van der Waals surface area (Å²) in [7, 11) is -2.24. The van der Waals surface area contributed by atoms with Crippen LogP contribution in [0.3, 0.4) is 0 Å². The van der Waals surface area contributed by atoms with Gasteiger partial charge in [0.25, 0.3) is 15.9 Å². The van der Waals surface area contributed by atoms with Crippen LogP contribution in [0.4, 0.5) is 5.69 Å². The first kappa shape index (κ1) is 22.4. The highest BCUT2D eigenvalue weighted by atomic mass is 32.2. The number of carbonyl (C=O) groups is 2. The first-order chi connectivity index (χ1) is 13.4. The second kappa shape index (κ2) is 8.65. The molecule has 156 valence electrons. The molecule has 0 aliphatic heterocycles. The molecule has 0 saturated carbocycles. The summed E-state index contributed by atoms with van der Waals surface area (Å²) in [5.41, 5.74) is 1.35. The lowest BCUT2D eigenvalue weighted by molar-refractivity contribution is -0.121. The third-order valence-electron chi connectivity index (χ3n) is 4.10. The SMILES string of the molecule is Cc1ccc(S(=O)(=O)N(C)c2ccc(C(=O)NCC(=O)NC(C)(C)C)cc2)cc1. The molecule has 0 saturated heterocycles. The van der Waals surface area contributed by atoms with E-state index in [0.29, 0.717) is 11.3 Å². The van der Waals surface area contributed by atoms with Crippen molar-refractivity contribution in [2.75, 3.05) is 17.9 Å². The van der Waals surface area contributed by atoms with Crippen LogP contribution in [0.2, 0.25) is 0 Å². The van der Waals surface area contributed by atoms with Gasteiger partial charge in [-0.3, -0.25) is 13.9 Å². The van der Waals surface area contributed by atoms with Gasteiger partial charge in [0.15, 0.2) is 0 Å². The molecule has 0 aliphatic carbocycles. The van der Waals surface area contributed by atoms with E-state index >= 15 is 0 Å². The lowest BCUT2D eigenvalue weighted by atomic mass is 10.1. The molecule has 0 spiro atoms. The molecule has 0 unspecified atom stereocenters. The van der Waals surface area contributed by atoms with Crippen molar-refractivity contribution < 1.29 is 18.0 Å². The summed E-state index contributed by atoms with van der Waals surface area (Å²) >= 11 is 0. The van der Waals surface area contributed by atoms with E-state index in [1.807, 2.05) is 27.7 Å². The second-order valence-corrected chi connectivity index (χ2v) is 9.78. The van der Waals surface area contributed by atoms with Crippen LogP contribution < -0.4 is 14.9 Å². The van der Waals surface area contributed by atoms with E-state index in [-0.39, 0.29) is 22.9 Å². The number of hydrogen-bond donors (Lipinski definition) is 2. The summed E-state index contributed by atoms with van der Waals surface area (Å²) in [6, 6.07) is 12.7. The topological polar surface area (TPSA) is 95.6 Å². The third kappa shape index (κ3) is 6.05. The zero-order valence-electron chi connectivity index (χ0n) is 17.3. The molecular weight excluding hydrogens is 390 g/mol. The van der Waals surface area contributed by atoms with Gasteiger partial charge in [-0.25, -0.2) is 8.42 Å². The van der Waals surface area contributed by atoms with Gasteiger partial charge in [0.1, 0.15) is 0 Å². The number of carbonyl (C=O) groups excluding carboxylic acids is 2. The van der Waals surface area contributed by atoms with Crippen LogP contribution in [0.5, 0.6) is 0 Å². The predicted octanol–water partition coefficient (Wildman–Crippen LogP) is 2.46. The lowest BCUT2D eigenvalue weighted by Gasteiger charge is -2.21. The fourth-order valence-corrected chi connectivity index (χ4v) is 3.75. The molecule has 0 fully saturated rings. The van der Waals surface area contributed by atoms with Crippen molar-refractivity contribution in [2.45, 2.75) is 38.1 Å². The number of aryl methyl sites for hydroxylation is 1. The van der Waals surface area contributed by atoms with E-state index in [1.165, 1.54) is 19.2 Å². The maximum absolute atomic E-state index is 12.8. The van der Waals surface area contributed by atoms with E-state index in [4.69, 9.17) is 0 Å². The van der Waals surface area contributed by atoms with Crippen molar-refractivity contribution >= 4 is 27.5 Å². The fraction of sp³-hybridized carbons (Fsp3) is 0.333. The molecule has 2 N–H and O–H groups in total. The largest absolute Gasteiger partial charge is 0.350 e. The second-order valence-electron chi connectivity index (χ2n) is 7.81. The number of nitrogens with zero attached hydrogens (tertiary/aromatic N) is 1. The molecule has 0 radical (unpaired) electrons. The van der Waals surface area contributed by atoms with E-state index in [2.05, 4.69) is 10.6 Å². The van der Waals surface area contributed by atoms with Crippen molar-refractivity contribution in [3.05, 3.63) is 59.7 Å². The van der Waals surface area contributed by atoms with Crippen LogP contribution in [0.25, 0.3) is 0 Å². The standard InChI is InChI=1S/C21H27N3O4S/c1-15-6-12-18(13-7-15)29(27,28)24(5)17-10-8-16(9-11-17)20(26)22-14-19(25)23-21(2,3)4/h6-13H,14H2,1-5H3,(H,22,26)(H,23,25). The molecule has 2 amide bonds. The Morgan fingerprint density at radius 1 is 0.966 bits per heavy atom. The van der Waals surface area contributed by atoms with Gasteiger partial charge in [-0.1, -0.05) is 17.7 Å². The van der Waals surface area contributed by atoms with Crippen molar-refractivity contribution in [2.24, 2.45) is 0 Å². The molecule has 0 aromatic heterocycles. The Kier molecular flexibility index (Phi) is 6.69. The summed E-state index contributed by atoms with van der Waals surface area (Å²) in [6.07, 6.45) is 0. The number of anilines is 1. The molecule has 0 bridgehead atoms. The number of nitrogens with one attached hydrogen (secondary N) is 2. The molecule has 8 heteroatoms. The van der Waals surface area contributed by atoms with Crippen molar-refractivity contribution in [1.82, 2.24) is 10.6 Å². The average molecular weight is 418 g/mol. The Morgan fingerprint density at radius 2 is 1.52 bits per heavy atom. The van der Waals surface area contributed by atoms with Crippen molar-refractivity contribution in [3.63, 3.8) is 0 Å². The lowest BCUT2D eigenvalue weighted by Crippen LogP contribution is -2.45. The molecule has 2 aromatic rings. The van der Waals surface area contributed by atoms with E-state index < -0.39 is 15.9 Å². The number of sulfonamides is 1. The van der Waals surface area contributed by atoms with E-state index in [0.717, 1.165) is 9.87 Å². The molecule has 0 atom stereocenters. The van der Waals surface area contributed by atoms with Crippen LogP contribution in [0, 0.1) is 6.92 Å². The minimum atomic E-state index is -3.70. The molecule has 0 aliphatic rings. The van der Waals surface area contributed by atoms with E-state index in [9.17, 15) is 18.0 Å². The number of amides is 2. The smallest absolute Gasteiger partial charge is 0.264 e. The predicted molar refractivity (Wildman–Crippen MR) is 113 cm³/mol. The first-order valence-corrected chi connectivity index (χ1v) is 10.6. The third-order valence-corrected chi connectivity index (χ3v) is 5.90. The molecule has 0 heterocycles. The zero-order valence-corrected chi connectivity index (χ0v) is 18.1. The highest BCUT2D eigenvalue weighted by Gasteiger charge is 2.21. The first-order valence-electron chi connectivity index (χ1n) is 9.15. The maximum atomic E-state index is 12.8. The minimum Gasteiger partial charge on any atom is -0.350 e. The minimum absolute atomic E-state index is 0.139. The fourth-order valence-electron chi connectivity index (χ4n) is 2.55. The normalized spacial score (nSPS) is 11.6. The van der Waals surface area contributed by atoms with Crippen LogP contribution in [-0.2, 0) is 14.8 Å². The van der Waals surface area contributed by atoms with Gasteiger partial charge in [0.05, 0.1) is 17.1 Å². The quantitative estimate of drug-likeness (QED) is 0.755. The Hall–Kier alpha value is -2.87. The number of hydrogen-bond acceptors (Lipinski definition) is 4. The highest BCUT2D eigenvalue weighted by Crippen LogP contribution is 2.22. The van der Waals surface area contributed by atoms with Gasteiger partial charge < -0.3 is 10.6 Å². The summed E-state index contributed by atoms with van der Waals surface area (Å²) in [5.74, 6) is -0.698. The summed E-state index contributed by atoms with van der Waals surface area (Å²) in [4.78, 5) is 24.2. The maximum Gasteiger partial charge on any atom is 0.264 e. The van der Waals surface area contributed by atoms with Crippen LogP contribution in [0.15, 0.2) is 53.4 Å². The van der Waals surface area contributed by atoms with Gasteiger partial charge >= 0.3 is 0 Å². The number of benzene rings is 2. The molecule has 2 aromatic carbocycles. The van der Waals surface area contributed by atoms with Crippen molar-refractivity contribution in [1.29, 1.82) is 0 Å². The molecule has 7 nitrogen and oxygen atoms in total. The summed E-state index contributed by atoms with van der Waals surface area (Å²) in [6.45, 7) is 7.31.